The average Bonchev–Trinajstić information content (AvgIpc) is 3.31. The third-order valence-corrected chi connectivity index (χ3v) is 12.0. The van der Waals surface area contributed by atoms with E-state index < -0.39 is 14.4 Å². The van der Waals surface area contributed by atoms with Gasteiger partial charge >= 0.3 is 6.09 Å². The van der Waals surface area contributed by atoms with Crippen LogP contribution in [0.3, 0.4) is 0 Å². The Morgan fingerprint density at radius 1 is 1.24 bits per heavy atom. The number of pyridine rings is 1. The summed E-state index contributed by atoms with van der Waals surface area (Å²) in [5.74, 6) is 0.809. The van der Waals surface area contributed by atoms with E-state index in [4.69, 9.17) is 9.41 Å². The van der Waals surface area contributed by atoms with E-state index in [0.717, 1.165) is 27.9 Å². The Labute approximate surface area is 196 Å². The van der Waals surface area contributed by atoms with E-state index in [1.165, 1.54) is 0 Å². The van der Waals surface area contributed by atoms with Crippen molar-refractivity contribution in [3.8, 4) is 0 Å². The number of rotatable bonds is 3. The standard InChI is InChI=1S/C24H37N5O3Si/c1-23(2,3)19-18(32-33(7,8)24(4,5)6)15(10-12-29(19)22(30)31)21-27-16-13-26-20-14(9-11-25-20)17(16)28-21/h9,11,13,15,18-19H,10,12H2,1-8H3,(H,25,26)(H,27,28)(H,30,31). The topological polar surface area (TPSA) is 107 Å². The van der Waals surface area contributed by atoms with Crippen molar-refractivity contribution in [3.63, 3.8) is 0 Å². The number of carboxylic acid groups (broad SMARTS) is 1. The predicted octanol–water partition coefficient (Wildman–Crippen LogP) is 5.71. The van der Waals surface area contributed by atoms with Crippen LogP contribution in [0.4, 0.5) is 4.79 Å². The van der Waals surface area contributed by atoms with Crippen LogP contribution in [0, 0.1) is 5.41 Å². The summed E-state index contributed by atoms with van der Waals surface area (Å²) in [5.41, 5.74) is 2.28. The molecule has 1 amide bonds. The van der Waals surface area contributed by atoms with Crippen molar-refractivity contribution in [1.82, 2.24) is 24.8 Å². The number of hydrogen-bond acceptors (Lipinski definition) is 4. The average molecular weight is 472 g/mol. The molecule has 1 saturated heterocycles. The summed E-state index contributed by atoms with van der Waals surface area (Å²) in [4.78, 5) is 30.0. The highest BCUT2D eigenvalue weighted by molar-refractivity contribution is 6.74. The van der Waals surface area contributed by atoms with Crippen molar-refractivity contribution in [2.75, 3.05) is 6.54 Å². The van der Waals surface area contributed by atoms with Gasteiger partial charge in [0.1, 0.15) is 17.0 Å². The largest absolute Gasteiger partial charge is 0.465 e. The van der Waals surface area contributed by atoms with Crippen molar-refractivity contribution in [1.29, 1.82) is 0 Å². The molecule has 0 bridgehead atoms. The summed E-state index contributed by atoms with van der Waals surface area (Å²) >= 11 is 0. The van der Waals surface area contributed by atoms with E-state index in [2.05, 4.69) is 69.6 Å². The summed E-state index contributed by atoms with van der Waals surface area (Å²) in [6.45, 7) is 17.9. The smallest absolute Gasteiger partial charge is 0.407 e. The van der Waals surface area contributed by atoms with Crippen molar-refractivity contribution in [2.24, 2.45) is 5.41 Å². The van der Waals surface area contributed by atoms with Gasteiger partial charge in [-0.25, -0.2) is 14.8 Å². The predicted molar refractivity (Wildman–Crippen MR) is 133 cm³/mol. The number of carbonyl (C=O) groups is 1. The Morgan fingerprint density at radius 3 is 2.55 bits per heavy atom. The Kier molecular flexibility index (Phi) is 5.64. The molecule has 4 heterocycles. The van der Waals surface area contributed by atoms with Crippen LogP contribution in [-0.2, 0) is 4.43 Å². The SMILES string of the molecule is CC(C)(C)C1C(O[Si](C)(C)C(C)(C)C)C(c2nc3c(cnc4[nH]ccc43)[nH]2)CCN1C(=O)O. The number of imidazole rings is 1. The number of piperidine rings is 1. The Hall–Kier alpha value is -2.39. The summed E-state index contributed by atoms with van der Waals surface area (Å²) < 4.78 is 7.05. The molecule has 1 aliphatic heterocycles. The Balaban J connectivity index is 1.84. The first-order valence-corrected chi connectivity index (χ1v) is 14.6. The maximum absolute atomic E-state index is 12.3. The monoisotopic (exact) mass is 471 g/mol. The van der Waals surface area contributed by atoms with E-state index in [9.17, 15) is 9.90 Å². The minimum Gasteiger partial charge on any atom is -0.465 e. The number of fused-ring (bicyclic) bond motifs is 3. The molecule has 0 spiro atoms. The third-order valence-electron chi connectivity index (χ3n) is 7.50. The first-order chi connectivity index (χ1) is 15.2. The normalized spacial score (nSPS) is 22.9. The van der Waals surface area contributed by atoms with Gasteiger partial charge in [-0.1, -0.05) is 41.5 Å². The summed E-state index contributed by atoms with van der Waals surface area (Å²) in [7, 11) is -2.20. The quantitative estimate of drug-likeness (QED) is 0.424. The lowest BCUT2D eigenvalue weighted by molar-refractivity contribution is -0.0377. The van der Waals surface area contributed by atoms with Crippen molar-refractivity contribution < 1.29 is 14.3 Å². The molecule has 0 saturated carbocycles. The van der Waals surface area contributed by atoms with Crippen LogP contribution in [0.15, 0.2) is 18.5 Å². The van der Waals surface area contributed by atoms with Gasteiger partial charge in [-0.3, -0.25) is 0 Å². The van der Waals surface area contributed by atoms with Crippen LogP contribution in [0.25, 0.3) is 22.1 Å². The molecule has 9 heteroatoms. The highest BCUT2D eigenvalue weighted by Gasteiger charge is 2.51. The van der Waals surface area contributed by atoms with Gasteiger partial charge < -0.3 is 24.4 Å². The molecule has 3 unspecified atom stereocenters. The van der Waals surface area contributed by atoms with Gasteiger partial charge in [-0.15, -0.1) is 0 Å². The molecule has 8 nitrogen and oxygen atoms in total. The molecule has 1 fully saturated rings. The number of aromatic amines is 2. The molecule has 0 aromatic carbocycles. The molecular formula is C24H37N5O3Si. The van der Waals surface area contributed by atoms with E-state index in [1.54, 1.807) is 4.90 Å². The summed E-state index contributed by atoms with van der Waals surface area (Å²) in [5, 5.41) is 11.0. The molecule has 0 aliphatic carbocycles. The highest BCUT2D eigenvalue weighted by atomic mass is 28.4. The van der Waals surface area contributed by atoms with Gasteiger partial charge in [-0.05, 0) is 36.0 Å². The van der Waals surface area contributed by atoms with Gasteiger partial charge in [0.15, 0.2) is 8.32 Å². The van der Waals surface area contributed by atoms with Crippen molar-refractivity contribution >= 4 is 36.5 Å². The zero-order valence-electron chi connectivity index (χ0n) is 21.0. The molecule has 4 rings (SSSR count). The van der Waals surface area contributed by atoms with Crippen molar-refractivity contribution in [2.45, 2.75) is 84.2 Å². The molecule has 1 aliphatic rings. The second-order valence-corrected chi connectivity index (χ2v) is 16.7. The maximum atomic E-state index is 12.3. The molecule has 33 heavy (non-hydrogen) atoms. The van der Waals surface area contributed by atoms with Crippen molar-refractivity contribution in [3.05, 3.63) is 24.3 Å². The zero-order chi connectivity index (χ0) is 24.3. The lowest BCUT2D eigenvalue weighted by Gasteiger charge is -2.52. The van der Waals surface area contributed by atoms with Crippen LogP contribution in [0.5, 0.6) is 0 Å². The van der Waals surface area contributed by atoms with E-state index in [1.807, 2.05) is 18.5 Å². The van der Waals surface area contributed by atoms with E-state index in [-0.39, 0.29) is 28.5 Å². The first-order valence-electron chi connectivity index (χ1n) is 11.7. The van der Waals surface area contributed by atoms with Gasteiger partial charge in [0.25, 0.3) is 0 Å². The molecule has 3 aromatic rings. The summed E-state index contributed by atoms with van der Waals surface area (Å²) in [6.07, 6.45) is 3.14. The maximum Gasteiger partial charge on any atom is 0.407 e. The van der Waals surface area contributed by atoms with Gasteiger partial charge in [0.2, 0.25) is 0 Å². The fraction of sp³-hybridized carbons (Fsp3) is 0.625. The van der Waals surface area contributed by atoms with Crippen LogP contribution >= 0.6 is 0 Å². The third kappa shape index (κ3) is 4.16. The molecule has 3 N–H and O–H groups in total. The number of aromatic nitrogens is 4. The number of likely N-dealkylation sites (tertiary alicyclic amines) is 1. The van der Waals surface area contributed by atoms with E-state index in [0.29, 0.717) is 13.0 Å². The molecule has 180 valence electrons. The molecule has 3 aromatic heterocycles. The van der Waals surface area contributed by atoms with Gasteiger partial charge in [-0.2, -0.15) is 0 Å². The Bertz CT molecular complexity index is 1170. The number of hydrogen-bond donors (Lipinski definition) is 3. The fourth-order valence-corrected chi connectivity index (χ4v) is 6.10. The number of nitrogens with zero attached hydrogens (tertiary/aromatic N) is 3. The number of H-pyrrole nitrogens is 2. The van der Waals surface area contributed by atoms with Gasteiger partial charge in [0.05, 0.1) is 23.9 Å². The van der Waals surface area contributed by atoms with E-state index >= 15 is 0 Å². The lowest BCUT2D eigenvalue weighted by atomic mass is 9.74. The molecule has 0 radical (unpaired) electrons. The van der Waals surface area contributed by atoms with Crippen LogP contribution in [-0.4, -0.2) is 63.0 Å². The second-order valence-electron chi connectivity index (χ2n) is 11.9. The number of nitrogens with one attached hydrogen (secondary N) is 2. The second kappa shape index (κ2) is 7.84. The zero-order valence-corrected chi connectivity index (χ0v) is 22.0. The highest BCUT2D eigenvalue weighted by Crippen LogP contribution is 2.45. The molecular weight excluding hydrogens is 434 g/mol. The van der Waals surface area contributed by atoms with Gasteiger partial charge in [0, 0.05) is 24.0 Å². The molecule has 3 atom stereocenters. The Morgan fingerprint density at radius 2 is 1.94 bits per heavy atom. The lowest BCUT2D eigenvalue weighted by Crippen LogP contribution is -2.62. The van der Waals surface area contributed by atoms with Crippen LogP contribution in [0.2, 0.25) is 18.1 Å². The minimum absolute atomic E-state index is 0.000565. The van der Waals surface area contributed by atoms with Crippen LogP contribution < -0.4 is 0 Å². The fourth-order valence-electron chi connectivity index (χ4n) is 4.78. The minimum atomic E-state index is -2.20. The first kappa shape index (κ1) is 23.8. The summed E-state index contributed by atoms with van der Waals surface area (Å²) in [6, 6.07) is 1.70. The van der Waals surface area contributed by atoms with Crippen LogP contribution in [0.1, 0.15) is 59.7 Å². The number of amides is 1.